The monoisotopic (exact) mass is 518 g/mol. The van der Waals surface area contributed by atoms with E-state index in [4.69, 9.17) is 31.1 Å². The van der Waals surface area contributed by atoms with Gasteiger partial charge in [0.25, 0.3) is 0 Å². The van der Waals surface area contributed by atoms with Crippen molar-refractivity contribution in [3.05, 3.63) is 119 Å². The molecule has 0 bridgehead atoms. The Bertz CT molecular complexity index is 1740. The van der Waals surface area contributed by atoms with Gasteiger partial charge >= 0.3 is 0 Å². The van der Waals surface area contributed by atoms with Crippen molar-refractivity contribution >= 4 is 46.2 Å². The van der Waals surface area contributed by atoms with E-state index in [1.807, 2.05) is 97.4 Å². The van der Waals surface area contributed by atoms with Crippen molar-refractivity contribution in [2.24, 2.45) is 9.98 Å². The molecule has 2 aliphatic heterocycles. The van der Waals surface area contributed by atoms with Gasteiger partial charge in [-0.2, -0.15) is 5.10 Å². The molecule has 0 aliphatic carbocycles. The number of furan rings is 1. The van der Waals surface area contributed by atoms with Crippen molar-refractivity contribution < 1.29 is 4.42 Å². The van der Waals surface area contributed by atoms with E-state index in [9.17, 15) is 0 Å². The first kappa shape index (κ1) is 22.6. The molecule has 0 saturated heterocycles. The van der Waals surface area contributed by atoms with Gasteiger partial charge < -0.3 is 14.6 Å². The Labute approximate surface area is 224 Å². The Hall–Kier alpha value is -4.62. The number of aryl methyl sites for hydroxylation is 2. The molecule has 1 atom stereocenters. The summed E-state index contributed by atoms with van der Waals surface area (Å²) in [4.78, 5) is 12.4. The Morgan fingerprint density at radius 3 is 2.50 bits per heavy atom. The van der Waals surface area contributed by atoms with Crippen LogP contribution in [-0.4, -0.2) is 21.5 Å². The Morgan fingerprint density at radius 1 is 0.895 bits per heavy atom. The van der Waals surface area contributed by atoms with Crippen molar-refractivity contribution in [3.63, 3.8) is 0 Å². The largest absolute Gasteiger partial charge is 0.467 e. The summed E-state index contributed by atoms with van der Waals surface area (Å²) in [6.45, 7) is 4.00. The zero-order valence-corrected chi connectivity index (χ0v) is 21.5. The van der Waals surface area contributed by atoms with Gasteiger partial charge in [0.05, 0.1) is 34.6 Å². The van der Waals surface area contributed by atoms with Crippen LogP contribution in [0.2, 0.25) is 5.02 Å². The number of rotatable bonds is 3. The van der Waals surface area contributed by atoms with Crippen molar-refractivity contribution in [3.8, 4) is 5.69 Å². The summed E-state index contributed by atoms with van der Waals surface area (Å²) in [6.07, 6.45) is 1.70. The molecular formula is C30H23ClN6O. The number of hydrogen-bond acceptors (Lipinski definition) is 6. The number of aromatic nitrogens is 2. The van der Waals surface area contributed by atoms with Crippen molar-refractivity contribution in [1.29, 1.82) is 0 Å². The van der Waals surface area contributed by atoms with E-state index in [0.29, 0.717) is 16.7 Å². The van der Waals surface area contributed by atoms with E-state index in [1.54, 1.807) is 6.26 Å². The van der Waals surface area contributed by atoms with Crippen molar-refractivity contribution in [2.45, 2.75) is 19.9 Å². The number of nitrogens with one attached hydrogen (secondary N) is 1. The van der Waals surface area contributed by atoms with Crippen LogP contribution in [0.25, 0.3) is 5.69 Å². The van der Waals surface area contributed by atoms with Gasteiger partial charge in [0, 0.05) is 10.7 Å². The molecule has 8 heteroatoms. The highest BCUT2D eigenvalue weighted by atomic mass is 35.5. The van der Waals surface area contributed by atoms with Gasteiger partial charge in [-0.05, 0) is 67.9 Å². The molecule has 3 aromatic carbocycles. The Kier molecular flexibility index (Phi) is 5.19. The second-order valence-corrected chi connectivity index (χ2v) is 9.74. The second kappa shape index (κ2) is 8.75. The molecule has 0 unspecified atom stereocenters. The van der Waals surface area contributed by atoms with Crippen LogP contribution in [0.5, 0.6) is 0 Å². The molecule has 0 saturated carbocycles. The molecular weight excluding hydrogens is 496 g/mol. The number of benzene rings is 3. The SMILES string of the molecule is Cc1ccc(NC2=Nc3ccccc3N3C2=Nc2c(c(C)nn2-c2ccccc2)[C@@H]3c2ccco2)cc1Cl. The van der Waals surface area contributed by atoms with Crippen LogP contribution < -0.4 is 10.2 Å². The van der Waals surface area contributed by atoms with Gasteiger partial charge in [0.2, 0.25) is 0 Å². The highest BCUT2D eigenvalue weighted by Gasteiger charge is 2.42. The lowest BCUT2D eigenvalue weighted by atomic mass is 9.98. The minimum atomic E-state index is -0.292. The number of amidine groups is 2. The average Bonchev–Trinajstić information content (AvgIpc) is 3.59. The minimum absolute atomic E-state index is 0.292. The van der Waals surface area contributed by atoms with Crippen LogP contribution in [0.3, 0.4) is 0 Å². The fourth-order valence-electron chi connectivity index (χ4n) is 5.07. The van der Waals surface area contributed by atoms with Crippen LogP contribution >= 0.6 is 11.6 Å². The second-order valence-electron chi connectivity index (χ2n) is 9.33. The fourth-order valence-corrected chi connectivity index (χ4v) is 5.25. The predicted molar refractivity (Wildman–Crippen MR) is 152 cm³/mol. The number of anilines is 2. The maximum absolute atomic E-state index is 6.45. The van der Waals surface area contributed by atoms with E-state index in [2.05, 4.69) is 16.3 Å². The first-order valence-electron chi connectivity index (χ1n) is 12.4. The third-order valence-electron chi connectivity index (χ3n) is 6.89. The van der Waals surface area contributed by atoms with Crippen LogP contribution in [-0.2, 0) is 0 Å². The lowest BCUT2D eigenvalue weighted by Crippen LogP contribution is -2.46. The van der Waals surface area contributed by atoms with Crippen LogP contribution in [0.1, 0.15) is 28.6 Å². The lowest BCUT2D eigenvalue weighted by Gasteiger charge is -2.39. The van der Waals surface area contributed by atoms with Crippen molar-refractivity contribution in [1.82, 2.24) is 9.78 Å². The molecule has 0 radical (unpaired) electrons. The van der Waals surface area contributed by atoms with E-state index in [0.717, 1.165) is 51.1 Å². The summed E-state index contributed by atoms with van der Waals surface area (Å²) in [5, 5.41) is 9.10. The summed E-state index contributed by atoms with van der Waals surface area (Å²) >= 11 is 6.45. The van der Waals surface area contributed by atoms with Crippen LogP contribution in [0, 0.1) is 13.8 Å². The molecule has 0 spiro atoms. The molecule has 38 heavy (non-hydrogen) atoms. The quantitative estimate of drug-likeness (QED) is 0.268. The Balaban J connectivity index is 1.48. The summed E-state index contributed by atoms with van der Waals surface area (Å²) < 4.78 is 7.93. The van der Waals surface area contributed by atoms with Crippen LogP contribution in [0.15, 0.2) is 106 Å². The predicted octanol–water partition coefficient (Wildman–Crippen LogP) is 7.53. The molecule has 2 aliphatic rings. The van der Waals surface area contributed by atoms with E-state index < -0.39 is 0 Å². The molecule has 0 amide bonds. The molecule has 2 aromatic heterocycles. The highest BCUT2D eigenvalue weighted by Crippen LogP contribution is 2.48. The fraction of sp³-hybridized carbons (Fsp3) is 0.100. The maximum Gasteiger partial charge on any atom is 0.179 e. The summed E-state index contributed by atoms with van der Waals surface area (Å²) in [5.41, 5.74) is 6.41. The number of fused-ring (bicyclic) bond motifs is 4. The number of aliphatic imine (C=N–C) groups is 2. The normalized spacial score (nSPS) is 15.8. The lowest BCUT2D eigenvalue weighted by molar-refractivity contribution is 0.487. The number of halogens is 1. The van der Waals surface area contributed by atoms with Gasteiger partial charge in [-0.1, -0.05) is 48.0 Å². The molecule has 4 heterocycles. The van der Waals surface area contributed by atoms with Gasteiger partial charge in [-0.3, -0.25) is 0 Å². The molecule has 5 aromatic rings. The van der Waals surface area contributed by atoms with E-state index >= 15 is 0 Å². The molecule has 7 nitrogen and oxygen atoms in total. The zero-order valence-electron chi connectivity index (χ0n) is 20.8. The first-order chi connectivity index (χ1) is 18.6. The molecule has 7 rings (SSSR count). The molecule has 186 valence electrons. The topological polar surface area (TPSA) is 71.0 Å². The first-order valence-corrected chi connectivity index (χ1v) is 12.7. The Morgan fingerprint density at radius 2 is 1.71 bits per heavy atom. The number of hydrogen-bond donors (Lipinski definition) is 1. The molecule has 0 fully saturated rings. The van der Waals surface area contributed by atoms with Gasteiger partial charge in [-0.15, -0.1) is 0 Å². The van der Waals surface area contributed by atoms with Crippen molar-refractivity contribution in [2.75, 3.05) is 10.2 Å². The highest BCUT2D eigenvalue weighted by molar-refractivity contribution is 6.51. The molecule has 1 N–H and O–H groups in total. The maximum atomic E-state index is 6.45. The minimum Gasteiger partial charge on any atom is -0.467 e. The van der Waals surface area contributed by atoms with E-state index in [1.165, 1.54) is 0 Å². The van der Waals surface area contributed by atoms with Crippen LogP contribution in [0.4, 0.5) is 22.9 Å². The van der Waals surface area contributed by atoms with Gasteiger partial charge in [0.15, 0.2) is 17.5 Å². The number of para-hydroxylation sites is 3. The average molecular weight is 519 g/mol. The summed E-state index contributed by atoms with van der Waals surface area (Å²) in [7, 11) is 0. The summed E-state index contributed by atoms with van der Waals surface area (Å²) in [5.74, 6) is 2.83. The van der Waals surface area contributed by atoms with E-state index in [-0.39, 0.29) is 6.04 Å². The summed E-state index contributed by atoms with van der Waals surface area (Å²) in [6, 6.07) is 27.6. The smallest absolute Gasteiger partial charge is 0.179 e. The van der Waals surface area contributed by atoms with Gasteiger partial charge in [0.1, 0.15) is 11.8 Å². The third-order valence-corrected chi connectivity index (χ3v) is 7.29. The standard InChI is InChI=1S/C30H23ClN6O/c1-18-14-15-20(17-22(18)31)32-28-30-34-29-26(19(2)35-37(29)21-9-4-3-5-10-21)27(25-13-8-16-38-25)36(30)24-12-7-6-11-23(24)33-28/h3-17,27H,1-2H3,(H,32,33)/t27-/m0/s1. The zero-order chi connectivity index (χ0) is 25.8. The third kappa shape index (κ3) is 3.55. The number of nitrogens with zero attached hydrogens (tertiary/aromatic N) is 5. The van der Waals surface area contributed by atoms with Gasteiger partial charge in [-0.25, -0.2) is 14.7 Å².